The van der Waals surface area contributed by atoms with Gasteiger partial charge in [-0.25, -0.2) is 4.98 Å². The van der Waals surface area contributed by atoms with E-state index in [1.807, 2.05) is 35.4 Å². The highest BCUT2D eigenvalue weighted by atomic mass is 35.5. The van der Waals surface area contributed by atoms with E-state index in [-0.39, 0.29) is 11.3 Å². The van der Waals surface area contributed by atoms with Crippen LogP contribution in [0.2, 0.25) is 5.02 Å². The first-order chi connectivity index (χ1) is 14.1. The lowest BCUT2D eigenvalue weighted by Crippen LogP contribution is -2.51. The Morgan fingerprint density at radius 1 is 1.24 bits per heavy atom. The van der Waals surface area contributed by atoms with Crippen LogP contribution < -0.4 is 5.73 Å². The maximum Gasteiger partial charge on any atom is 0.239 e. The molecule has 1 aromatic carbocycles. The van der Waals surface area contributed by atoms with E-state index < -0.39 is 6.04 Å². The third-order valence-corrected chi connectivity index (χ3v) is 7.33. The molecule has 4 rings (SSSR count). The summed E-state index contributed by atoms with van der Waals surface area (Å²) in [5.74, 6) is 0.826. The summed E-state index contributed by atoms with van der Waals surface area (Å²) in [6.45, 7) is 1.61. The van der Waals surface area contributed by atoms with Gasteiger partial charge in [-0.15, -0.1) is 0 Å². The summed E-state index contributed by atoms with van der Waals surface area (Å²) in [5.41, 5.74) is 8.82. The molecule has 1 saturated carbocycles. The van der Waals surface area contributed by atoms with Gasteiger partial charge < -0.3 is 15.6 Å². The van der Waals surface area contributed by atoms with E-state index in [2.05, 4.69) is 9.97 Å². The van der Waals surface area contributed by atoms with E-state index in [0.29, 0.717) is 11.4 Å². The zero-order valence-corrected chi connectivity index (χ0v) is 17.7. The average Bonchev–Trinajstić information content (AvgIpc) is 3.44. The molecular weight excluding hydrogens is 384 g/mol. The van der Waals surface area contributed by atoms with Gasteiger partial charge >= 0.3 is 0 Å². The number of likely N-dealkylation sites (tertiary alicyclic amines) is 1. The molecule has 1 unspecified atom stereocenters. The fourth-order valence-corrected chi connectivity index (χ4v) is 5.52. The lowest BCUT2D eigenvalue weighted by Gasteiger charge is -2.46. The fraction of sp³-hybridized carbons (Fsp3) is 0.565. The van der Waals surface area contributed by atoms with Crippen LogP contribution in [0.3, 0.4) is 0 Å². The molecule has 29 heavy (non-hydrogen) atoms. The summed E-state index contributed by atoms with van der Waals surface area (Å²) in [6, 6.07) is 7.09. The maximum atomic E-state index is 13.0. The zero-order chi connectivity index (χ0) is 20.3. The molecular formula is C23H31ClN4O. The molecule has 156 valence electrons. The molecule has 1 aromatic heterocycles. The molecule has 1 atom stereocenters. The van der Waals surface area contributed by atoms with Gasteiger partial charge in [0.25, 0.3) is 0 Å². The minimum Gasteiger partial charge on any atom is -0.348 e. The number of aromatic nitrogens is 2. The van der Waals surface area contributed by atoms with Crippen LogP contribution in [0.5, 0.6) is 0 Å². The highest BCUT2D eigenvalue weighted by Gasteiger charge is 2.43. The second-order valence-electron chi connectivity index (χ2n) is 8.86. The lowest BCUT2D eigenvalue weighted by molar-refractivity contribution is -0.135. The predicted octanol–water partition coefficient (Wildman–Crippen LogP) is 3.97. The van der Waals surface area contributed by atoms with Crippen LogP contribution in [-0.2, 0) is 17.6 Å². The summed E-state index contributed by atoms with van der Waals surface area (Å²) in [7, 11) is 0. The Kier molecular flexibility index (Phi) is 6.26. The Bertz CT molecular complexity index is 791. The van der Waals surface area contributed by atoms with Gasteiger partial charge in [-0.3, -0.25) is 4.79 Å². The van der Waals surface area contributed by atoms with Gasteiger partial charge in [-0.1, -0.05) is 36.6 Å². The Hall–Kier alpha value is -1.85. The van der Waals surface area contributed by atoms with Gasteiger partial charge in [0.2, 0.25) is 5.91 Å². The van der Waals surface area contributed by atoms with E-state index >= 15 is 0 Å². The Morgan fingerprint density at radius 2 is 1.93 bits per heavy atom. The molecule has 6 heteroatoms. The first-order valence-corrected chi connectivity index (χ1v) is 11.2. The Morgan fingerprint density at radius 3 is 2.55 bits per heavy atom. The van der Waals surface area contributed by atoms with Gasteiger partial charge in [0.1, 0.15) is 0 Å². The van der Waals surface area contributed by atoms with Crippen molar-refractivity contribution in [1.29, 1.82) is 0 Å². The van der Waals surface area contributed by atoms with Gasteiger partial charge in [0.05, 0.1) is 12.4 Å². The molecule has 0 radical (unpaired) electrons. The highest BCUT2D eigenvalue weighted by Crippen LogP contribution is 2.48. The SMILES string of the molecule is NC(Cc1ccc(Cl)cc1)C(=O)N1CCC(Cc2cnc[nH]2)(C2CCCC2)CC1. The first kappa shape index (κ1) is 20.4. The molecule has 1 saturated heterocycles. The number of carbonyl (C=O) groups is 1. The van der Waals surface area contributed by atoms with Gasteiger partial charge in [-0.2, -0.15) is 0 Å². The summed E-state index contributed by atoms with van der Waals surface area (Å²) in [5, 5.41) is 0.699. The predicted molar refractivity (Wildman–Crippen MR) is 116 cm³/mol. The molecule has 2 aromatic rings. The molecule has 0 bridgehead atoms. The second kappa shape index (κ2) is 8.88. The van der Waals surface area contributed by atoms with Crippen molar-refractivity contribution in [2.75, 3.05) is 13.1 Å². The highest BCUT2D eigenvalue weighted by molar-refractivity contribution is 6.30. The number of nitrogens with one attached hydrogen (secondary N) is 1. The minimum absolute atomic E-state index is 0.0708. The van der Waals surface area contributed by atoms with E-state index in [1.165, 1.54) is 31.4 Å². The zero-order valence-electron chi connectivity index (χ0n) is 16.9. The second-order valence-corrected chi connectivity index (χ2v) is 9.30. The van der Waals surface area contributed by atoms with Crippen molar-refractivity contribution in [3.8, 4) is 0 Å². The van der Waals surface area contributed by atoms with Crippen LogP contribution in [0.1, 0.15) is 49.8 Å². The number of halogens is 1. The van der Waals surface area contributed by atoms with Crippen LogP contribution in [0.25, 0.3) is 0 Å². The summed E-state index contributed by atoms with van der Waals surface area (Å²) >= 11 is 5.95. The molecule has 2 aliphatic rings. The number of hydrogen-bond donors (Lipinski definition) is 2. The monoisotopic (exact) mass is 414 g/mol. The van der Waals surface area contributed by atoms with E-state index in [1.54, 1.807) is 6.33 Å². The van der Waals surface area contributed by atoms with Crippen molar-refractivity contribution >= 4 is 17.5 Å². The van der Waals surface area contributed by atoms with Crippen molar-refractivity contribution in [3.63, 3.8) is 0 Å². The number of nitrogens with two attached hydrogens (primary N) is 1. The van der Waals surface area contributed by atoms with Crippen LogP contribution >= 0.6 is 11.6 Å². The number of nitrogens with zero attached hydrogens (tertiary/aromatic N) is 2. The van der Waals surface area contributed by atoms with E-state index in [9.17, 15) is 4.79 Å². The topological polar surface area (TPSA) is 75.0 Å². The number of aromatic amines is 1. The summed E-state index contributed by atoms with van der Waals surface area (Å²) in [4.78, 5) is 22.5. The molecule has 0 spiro atoms. The van der Waals surface area contributed by atoms with Gasteiger partial charge in [0.15, 0.2) is 0 Å². The molecule has 1 aliphatic carbocycles. The maximum absolute atomic E-state index is 13.0. The number of carbonyl (C=O) groups excluding carboxylic acids is 1. The normalized spacial score (nSPS) is 20.7. The van der Waals surface area contributed by atoms with Crippen molar-refractivity contribution in [2.45, 2.75) is 57.4 Å². The average molecular weight is 415 g/mol. The van der Waals surface area contributed by atoms with Crippen molar-refractivity contribution in [2.24, 2.45) is 17.1 Å². The number of benzene rings is 1. The molecule has 2 heterocycles. The number of imidazole rings is 1. The Labute approximate surface area is 178 Å². The number of hydrogen-bond acceptors (Lipinski definition) is 3. The van der Waals surface area contributed by atoms with Gasteiger partial charge in [0, 0.05) is 30.0 Å². The molecule has 3 N–H and O–H groups in total. The van der Waals surface area contributed by atoms with Crippen LogP contribution in [0.4, 0.5) is 0 Å². The third-order valence-electron chi connectivity index (χ3n) is 7.08. The minimum atomic E-state index is -0.497. The largest absolute Gasteiger partial charge is 0.348 e. The molecule has 5 nitrogen and oxygen atoms in total. The van der Waals surface area contributed by atoms with Crippen molar-refractivity contribution in [1.82, 2.24) is 14.9 Å². The number of amides is 1. The van der Waals surface area contributed by atoms with Gasteiger partial charge in [-0.05, 0) is 67.6 Å². The van der Waals surface area contributed by atoms with E-state index in [4.69, 9.17) is 17.3 Å². The van der Waals surface area contributed by atoms with Crippen LogP contribution in [0.15, 0.2) is 36.8 Å². The van der Waals surface area contributed by atoms with Crippen LogP contribution in [-0.4, -0.2) is 39.9 Å². The lowest BCUT2D eigenvalue weighted by atomic mass is 9.65. The quantitative estimate of drug-likeness (QED) is 0.750. The first-order valence-electron chi connectivity index (χ1n) is 10.8. The van der Waals surface area contributed by atoms with Crippen LogP contribution in [0, 0.1) is 11.3 Å². The third kappa shape index (κ3) is 4.67. The summed E-state index contributed by atoms with van der Waals surface area (Å²) in [6.07, 6.45) is 12.7. The molecule has 2 fully saturated rings. The molecule has 1 amide bonds. The fourth-order valence-electron chi connectivity index (χ4n) is 5.40. The van der Waals surface area contributed by atoms with E-state index in [0.717, 1.165) is 43.8 Å². The number of H-pyrrole nitrogens is 1. The van der Waals surface area contributed by atoms with Crippen molar-refractivity contribution < 1.29 is 4.79 Å². The standard InChI is InChI=1S/C23H31ClN4O/c24-19-7-5-17(6-8-19)13-21(25)22(29)28-11-9-23(10-12-28,18-3-1-2-4-18)14-20-15-26-16-27-20/h5-8,15-16,18,21H,1-4,9-14,25H2,(H,26,27). The smallest absolute Gasteiger partial charge is 0.239 e. The number of piperidine rings is 1. The molecule has 1 aliphatic heterocycles. The summed E-state index contributed by atoms with van der Waals surface area (Å²) < 4.78 is 0. The van der Waals surface area contributed by atoms with Crippen molar-refractivity contribution in [3.05, 3.63) is 53.1 Å². The number of rotatable bonds is 6. The Balaban J connectivity index is 1.39.